The standard InChI is InChI=1S/C14H15ClFNO/c15-10-3-4-11(12(16)7-10)14(18)17-13-6-8-1-2-9(13)5-8/h3-4,7-9,13H,1-2,5-6H2,(H,17,18). The number of halogens is 2. The first-order chi connectivity index (χ1) is 8.63. The molecule has 0 saturated heterocycles. The minimum atomic E-state index is -0.553. The van der Waals surface area contributed by atoms with Crippen LogP contribution in [0.3, 0.4) is 0 Å². The van der Waals surface area contributed by atoms with Crippen LogP contribution in [0.5, 0.6) is 0 Å². The van der Waals surface area contributed by atoms with Crippen LogP contribution in [0.2, 0.25) is 5.02 Å². The number of carbonyl (C=O) groups excluding carboxylic acids is 1. The van der Waals surface area contributed by atoms with Gasteiger partial charge >= 0.3 is 0 Å². The molecule has 4 heteroatoms. The van der Waals surface area contributed by atoms with E-state index in [-0.39, 0.29) is 17.5 Å². The lowest BCUT2D eigenvalue weighted by Crippen LogP contribution is -2.38. The molecular weight excluding hydrogens is 253 g/mol. The molecule has 2 fully saturated rings. The smallest absolute Gasteiger partial charge is 0.254 e. The van der Waals surface area contributed by atoms with Gasteiger partial charge < -0.3 is 5.32 Å². The lowest BCUT2D eigenvalue weighted by molar-refractivity contribution is 0.0919. The van der Waals surface area contributed by atoms with Gasteiger partial charge in [0.15, 0.2) is 0 Å². The van der Waals surface area contributed by atoms with E-state index in [1.54, 1.807) is 6.07 Å². The Labute approximate surface area is 111 Å². The molecule has 2 bridgehead atoms. The van der Waals surface area contributed by atoms with Gasteiger partial charge in [-0.15, -0.1) is 0 Å². The average Bonchev–Trinajstić information content (AvgIpc) is 2.90. The van der Waals surface area contributed by atoms with Crippen molar-refractivity contribution in [1.29, 1.82) is 0 Å². The monoisotopic (exact) mass is 267 g/mol. The highest BCUT2D eigenvalue weighted by atomic mass is 35.5. The van der Waals surface area contributed by atoms with Crippen LogP contribution in [-0.2, 0) is 0 Å². The number of benzene rings is 1. The van der Waals surface area contributed by atoms with Gasteiger partial charge in [-0.1, -0.05) is 18.0 Å². The fraction of sp³-hybridized carbons (Fsp3) is 0.500. The Balaban J connectivity index is 1.71. The summed E-state index contributed by atoms with van der Waals surface area (Å²) in [6.07, 6.45) is 4.74. The number of hydrogen-bond donors (Lipinski definition) is 1. The van der Waals surface area contributed by atoms with Crippen molar-refractivity contribution in [3.8, 4) is 0 Å². The summed E-state index contributed by atoms with van der Waals surface area (Å²) in [7, 11) is 0. The molecule has 0 spiro atoms. The van der Waals surface area contributed by atoms with E-state index in [0.29, 0.717) is 10.9 Å². The van der Waals surface area contributed by atoms with Crippen molar-refractivity contribution >= 4 is 17.5 Å². The van der Waals surface area contributed by atoms with Crippen molar-refractivity contribution in [1.82, 2.24) is 5.32 Å². The molecule has 3 rings (SSSR count). The van der Waals surface area contributed by atoms with E-state index in [2.05, 4.69) is 5.32 Å². The fourth-order valence-electron chi connectivity index (χ4n) is 3.34. The molecule has 2 nitrogen and oxygen atoms in total. The van der Waals surface area contributed by atoms with E-state index in [1.807, 2.05) is 0 Å². The highest BCUT2D eigenvalue weighted by molar-refractivity contribution is 6.30. The van der Waals surface area contributed by atoms with E-state index in [4.69, 9.17) is 11.6 Å². The normalized spacial score (nSPS) is 29.6. The molecule has 0 aromatic heterocycles. The van der Waals surface area contributed by atoms with Gasteiger partial charge in [0.25, 0.3) is 5.91 Å². The van der Waals surface area contributed by atoms with Crippen molar-refractivity contribution in [3.63, 3.8) is 0 Å². The zero-order chi connectivity index (χ0) is 12.7. The molecule has 3 atom stereocenters. The first-order valence-corrected chi connectivity index (χ1v) is 6.77. The molecule has 1 N–H and O–H groups in total. The molecule has 2 aliphatic rings. The minimum Gasteiger partial charge on any atom is -0.349 e. The maximum atomic E-state index is 13.6. The number of amides is 1. The van der Waals surface area contributed by atoms with E-state index >= 15 is 0 Å². The maximum absolute atomic E-state index is 13.6. The molecule has 0 heterocycles. The zero-order valence-corrected chi connectivity index (χ0v) is 10.7. The highest BCUT2D eigenvalue weighted by Gasteiger charge is 2.40. The predicted octanol–water partition coefficient (Wildman–Crippen LogP) is 3.40. The molecule has 2 aliphatic carbocycles. The quantitative estimate of drug-likeness (QED) is 0.874. The third-order valence-corrected chi connectivity index (χ3v) is 4.47. The fourth-order valence-corrected chi connectivity index (χ4v) is 3.50. The van der Waals surface area contributed by atoms with Crippen molar-refractivity contribution in [3.05, 3.63) is 34.6 Å². The van der Waals surface area contributed by atoms with Crippen LogP contribution < -0.4 is 5.32 Å². The Morgan fingerprint density at radius 1 is 1.33 bits per heavy atom. The second kappa shape index (κ2) is 4.54. The lowest BCUT2D eigenvalue weighted by Gasteiger charge is -2.23. The van der Waals surface area contributed by atoms with E-state index in [0.717, 1.165) is 12.3 Å². The van der Waals surface area contributed by atoms with Gasteiger partial charge in [-0.25, -0.2) is 4.39 Å². The molecular formula is C14H15ClFNO. The van der Waals surface area contributed by atoms with Crippen molar-refractivity contribution in [2.75, 3.05) is 0 Å². The largest absolute Gasteiger partial charge is 0.349 e. The van der Waals surface area contributed by atoms with Crippen molar-refractivity contribution in [2.24, 2.45) is 11.8 Å². The highest BCUT2D eigenvalue weighted by Crippen LogP contribution is 2.44. The third kappa shape index (κ3) is 2.12. The number of rotatable bonds is 2. The summed E-state index contributed by atoms with van der Waals surface area (Å²) in [5.74, 6) is 0.481. The first-order valence-electron chi connectivity index (χ1n) is 6.39. The van der Waals surface area contributed by atoms with Crippen LogP contribution in [0, 0.1) is 17.7 Å². The summed E-state index contributed by atoms with van der Waals surface area (Å²) in [6, 6.07) is 4.39. The van der Waals surface area contributed by atoms with Gasteiger partial charge in [0.05, 0.1) is 5.56 Å². The zero-order valence-electron chi connectivity index (χ0n) is 9.96. The lowest BCUT2D eigenvalue weighted by atomic mass is 9.95. The summed E-state index contributed by atoms with van der Waals surface area (Å²) in [5.41, 5.74) is 0.0853. The average molecular weight is 268 g/mol. The van der Waals surface area contributed by atoms with Crippen LogP contribution in [0.4, 0.5) is 4.39 Å². The summed E-state index contributed by atoms with van der Waals surface area (Å²) < 4.78 is 13.6. The number of nitrogens with one attached hydrogen (secondary N) is 1. The van der Waals surface area contributed by atoms with E-state index < -0.39 is 5.82 Å². The summed E-state index contributed by atoms with van der Waals surface area (Å²) in [5, 5.41) is 3.27. The van der Waals surface area contributed by atoms with Crippen LogP contribution in [0.25, 0.3) is 0 Å². The number of fused-ring (bicyclic) bond motifs is 2. The molecule has 1 amide bonds. The Kier molecular flexibility index (Phi) is 3.02. The van der Waals surface area contributed by atoms with E-state index in [1.165, 1.54) is 31.4 Å². The van der Waals surface area contributed by atoms with E-state index in [9.17, 15) is 9.18 Å². The molecule has 1 aromatic carbocycles. The Morgan fingerprint density at radius 2 is 2.17 bits per heavy atom. The number of hydrogen-bond acceptors (Lipinski definition) is 1. The second-order valence-corrected chi connectivity index (χ2v) is 5.82. The molecule has 18 heavy (non-hydrogen) atoms. The summed E-state index contributed by atoms with van der Waals surface area (Å²) in [6.45, 7) is 0. The SMILES string of the molecule is O=C(NC1CC2CCC1C2)c1ccc(Cl)cc1F. The maximum Gasteiger partial charge on any atom is 0.254 e. The Hall–Kier alpha value is -1.09. The molecule has 0 radical (unpaired) electrons. The van der Waals surface area contributed by atoms with Crippen LogP contribution in [0.1, 0.15) is 36.0 Å². The van der Waals surface area contributed by atoms with Gasteiger partial charge in [0, 0.05) is 11.1 Å². The number of carbonyl (C=O) groups is 1. The first kappa shape index (κ1) is 12.0. The van der Waals surface area contributed by atoms with Crippen molar-refractivity contribution in [2.45, 2.75) is 31.7 Å². The topological polar surface area (TPSA) is 29.1 Å². The van der Waals surface area contributed by atoms with Gasteiger partial charge in [-0.05, 0) is 49.3 Å². The Bertz CT molecular complexity index is 491. The van der Waals surface area contributed by atoms with Gasteiger partial charge in [0.1, 0.15) is 5.82 Å². The minimum absolute atomic E-state index is 0.0853. The third-order valence-electron chi connectivity index (χ3n) is 4.23. The van der Waals surface area contributed by atoms with Gasteiger partial charge in [0.2, 0.25) is 0 Å². The van der Waals surface area contributed by atoms with Crippen LogP contribution in [0.15, 0.2) is 18.2 Å². The Morgan fingerprint density at radius 3 is 2.78 bits per heavy atom. The molecule has 3 unspecified atom stereocenters. The molecule has 0 aliphatic heterocycles. The molecule has 96 valence electrons. The summed E-state index contributed by atoms with van der Waals surface area (Å²) >= 11 is 5.67. The van der Waals surface area contributed by atoms with Crippen molar-refractivity contribution < 1.29 is 9.18 Å². The second-order valence-electron chi connectivity index (χ2n) is 5.38. The summed E-state index contributed by atoms with van der Waals surface area (Å²) in [4.78, 5) is 12.0. The molecule has 1 aromatic rings. The van der Waals surface area contributed by atoms with Crippen LogP contribution in [-0.4, -0.2) is 11.9 Å². The van der Waals surface area contributed by atoms with Gasteiger partial charge in [-0.2, -0.15) is 0 Å². The van der Waals surface area contributed by atoms with Gasteiger partial charge in [-0.3, -0.25) is 4.79 Å². The molecule has 2 saturated carbocycles. The van der Waals surface area contributed by atoms with Crippen LogP contribution >= 0.6 is 11.6 Å². The predicted molar refractivity (Wildman–Crippen MR) is 68.1 cm³/mol.